The van der Waals surface area contributed by atoms with E-state index in [1.54, 1.807) is 0 Å². The minimum atomic E-state index is -3.71. The highest BCUT2D eigenvalue weighted by atomic mass is 79.9. The molecule has 0 bridgehead atoms. The maximum Gasteiger partial charge on any atom is 0.263 e. The standard InChI is InChI=1S/C11H11BrN4O3S/c1-7(17)14-8-2-4-9(5-3-8)20(18,19)16-11-10(12)6-13-15-11/h2-6H,1H3,(H,14,17)(H2,13,15,16). The van der Waals surface area contributed by atoms with Crippen LogP contribution in [0.5, 0.6) is 0 Å². The second-order valence-corrected chi connectivity index (χ2v) is 6.44. The highest BCUT2D eigenvalue weighted by molar-refractivity contribution is 9.10. The van der Waals surface area contributed by atoms with Crippen LogP contribution in [0.15, 0.2) is 39.8 Å². The van der Waals surface area contributed by atoms with Crippen molar-refractivity contribution in [2.75, 3.05) is 10.0 Å². The van der Waals surface area contributed by atoms with Gasteiger partial charge in [0.15, 0.2) is 0 Å². The molecule has 7 nitrogen and oxygen atoms in total. The Bertz CT molecular complexity index is 724. The SMILES string of the molecule is CC(=O)Nc1ccc(S(=O)(=O)Nc2[nH]ncc2Br)cc1. The Morgan fingerprint density at radius 1 is 1.30 bits per heavy atom. The molecule has 1 aromatic heterocycles. The zero-order valence-corrected chi connectivity index (χ0v) is 12.7. The molecule has 2 rings (SSSR count). The average Bonchev–Trinajstić information content (AvgIpc) is 2.74. The largest absolute Gasteiger partial charge is 0.326 e. The first-order valence-corrected chi connectivity index (χ1v) is 7.75. The molecule has 1 heterocycles. The highest BCUT2D eigenvalue weighted by Crippen LogP contribution is 2.22. The number of nitrogens with one attached hydrogen (secondary N) is 3. The Balaban J connectivity index is 2.22. The van der Waals surface area contributed by atoms with Gasteiger partial charge in [0.1, 0.15) is 5.82 Å². The number of carbonyl (C=O) groups is 1. The van der Waals surface area contributed by atoms with Crippen molar-refractivity contribution < 1.29 is 13.2 Å². The number of hydrogen-bond acceptors (Lipinski definition) is 4. The van der Waals surface area contributed by atoms with Gasteiger partial charge >= 0.3 is 0 Å². The summed E-state index contributed by atoms with van der Waals surface area (Å²) < 4.78 is 27.1. The lowest BCUT2D eigenvalue weighted by molar-refractivity contribution is -0.114. The van der Waals surface area contributed by atoms with Crippen molar-refractivity contribution in [2.45, 2.75) is 11.8 Å². The molecular weight excluding hydrogens is 348 g/mol. The highest BCUT2D eigenvalue weighted by Gasteiger charge is 2.16. The van der Waals surface area contributed by atoms with E-state index < -0.39 is 10.0 Å². The molecule has 0 atom stereocenters. The lowest BCUT2D eigenvalue weighted by Crippen LogP contribution is -2.14. The van der Waals surface area contributed by atoms with E-state index in [2.05, 4.69) is 36.2 Å². The van der Waals surface area contributed by atoms with Gasteiger partial charge in [0.05, 0.1) is 15.6 Å². The van der Waals surface area contributed by atoms with Gasteiger partial charge in [-0.15, -0.1) is 0 Å². The fourth-order valence-corrected chi connectivity index (χ4v) is 2.91. The summed E-state index contributed by atoms with van der Waals surface area (Å²) in [6, 6.07) is 5.83. The fraction of sp³-hybridized carbons (Fsp3) is 0.0909. The molecule has 0 spiro atoms. The lowest BCUT2D eigenvalue weighted by Gasteiger charge is -2.07. The molecular formula is C11H11BrN4O3S. The number of hydrogen-bond donors (Lipinski definition) is 3. The molecule has 106 valence electrons. The van der Waals surface area contributed by atoms with Gasteiger partial charge in [0.2, 0.25) is 5.91 Å². The van der Waals surface area contributed by atoms with Gasteiger partial charge < -0.3 is 5.32 Å². The number of rotatable bonds is 4. The Kier molecular flexibility index (Phi) is 4.09. The predicted molar refractivity (Wildman–Crippen MR) is 77.8 cm³/mol. The third-order valence-corrected chi connectivity index (χ3v) is 4.28. The van der Waals surface area contributed by atoms with Gasteiger partial charge in [-0.3, -0.25) is 14.6 Å². The summed E-state index contributed by atoms with van der Waals surface area (Å²) in [5.74, 6) is 0.0241. The summed E-state index contributed by atoms with van der Waals surface area (Å²) in [6.07, 6.45) is 1.44. The molecule has 0 fully saturated rings. The molecule has 0 saturated heterocycles. The number of carbonyl (C=O) groups excluding carboxylic acids is 1. The summed E-state index contributed by atoms with van der Waals surface area (Å²) in [5, 5.41) is 8.78. The van der Waals surface area contributed by atoms with E-state index in [1.165, 1.54) is 37.4 Å². The molecule has 1 aromatic carbocycles. The second kappa shape index (κ2) is 5.63. The van der Waals surface area contributed by atoms with Crippen LogP contribution in [0.3, 0.4) is 0 Å². The number of anilines is 2. The van der Waals surface area contributed by atoms with Gasteiger partial charge in [-0.2, -0.15) is 5.10 Å². The molecule has 3 N–H and O–H groups in total. The molecule has 0 radical (unpaired) electrons. The summed E-state index contributed by atoms with van der Waals surface area (Å²) in [5.41, 5.74) is 0.527. The van der Waals surface area contributed by atoms with E-state index in [4.69, 9.17) is 0 Å². The summed E-state index contributed by atoms with van der Waals surface area (Å²) in [6.45, 7) is 1.38. The van der Waals surface area contributed by atoms with E-state index in [1.807, 2.05) is 0 Å². The van der Waals surface area contributed by atoms with Crippen LogP contribution in [0.2, 0.25) is 0 Å². The van der Waals surface area contributed by atoms with Gasteiger partial charge in [0.25, 0.3) is 10.0 Å². The normalized spacial score (nSPS) is 11.1. The summed E-state index contributed by atoms with van der Waals surface area (Å²) >= 11 is 3.16. The zero-order valence-electron chi connectivity index (χ0n) is 10.3. The first-order chi connectivity index (χ1) is 9.38. The quantitative estimate of drug-likeness (QED) is 0.776. The fourth-order valence-electron chi connectivity index (χ4n) is 1.46. The topological polar surface area (TPSA) is 104 Å². The smallest absolute Gasteiger partial charge is 0.263 e. The predicted octanol–water partition coefficient (Wildman–Crippen LogP) is 1.93. The van der Waals surface area contributed by atoms with Crippen molar-refractivity contribution in [3.63, 3.8) is 0 Å². The van der Waals surface area contributed by atoms with Crippen molar-refractivity contribution in [3.8, 4) is 0 Å². The zero-order chi connectivity index (χ0) is 14.8. The molecule has 1 amide bonds. The van der Waals surface area contributed by atoms with Crippen LogP contribution >= 0.6 is 15.9 Å². The molecule has 0 saturated carbocycles. The van der Waals surface area contributed by atoms with Gasteiger partial charge in [0, 0.05) is 12.6 Å². The maximum atomic E-state index is 12.1. The van der Waals surface area contributed by atoms with E-state index >= 15 is 0 Å². The Labute approximate surface area is 124 Å². The maximum absolute atomic E-state index is 12.1. The minimum Gasteiger partial charge on any atom is -0.326 e. The first-order valence-electron chi connectivity index (χ1n) is 5.48. The number of amides is 1. The lowest BCUT2D eigenvalue weighted by atomic mass is 10.3. The van der Waals surface area contributed by atoms with Crippen molar-refractivity contribution in [2.24, 2.45) is 0 Å². The third kappa shape index (κ3) is 3.36. The Hall–Kier alpha value is -1.87. The average molecular weight is 359 g/mol. The Morgan fingerprint density at radius 3 is 2.45 bits per heavy atom. The van der Waals surface area contributed by atoms with Crippen LogP contribution in [-0.4, -0.2) is 24.5 Å². The number of halogens is 1. The number of H-pyrrole nitrogens is 1. The van der Waals surface area contributed by atoms with Crippen molar-refractivity contribution >= 4 is 43.4 Å². The van der Waals surface area contributed by atoms with E-state index in [-0.39, 0.29) is 16.6 Å². The van der Waals surface area contributed by atoms with Crippen LogP contribution < -0.4 is 10.0 Å². The minimum absolute atomic E-state index is 0.0769. The molecule has 0 aliphatic carbocycles. The van der Waals surface area contributed by atoms with Crippen molar-refractivity contribution in [1.82, 2.24) is 10.2 Å². The second-order valence-electron chi connectivity index (χ2n) is 3.90. The van der Waals surface area contributed by atoms with E-state index in [0.717, 1.165) is 0 Å². The van der Waals surface area contributed by atoms with Crippen LogP contribution in [0.25, 0.3) is 0 Å². The Morgan fingerprint density at radius 2 is 1.95 bits per heavy atom. The molecule has 0 aliphatic heterocycles. The number of aromatic nitrogens is 2. The molecule has 0 unspecified atom stereocenters. The number of nitrogens with zero attached hydrogens (tertiary/aromatic N) is 1. The van der Waals surface area contributed by atoms with Gasteiger partial charge in [-0.05, 0) is 40.2 Å². The van der Waals surface area contributed by atoms with Crippen molar-refractivity contribution in [1.29, 1.82) is 0 Å². The van der Waals surface area contributed by atoms with Crippen LogP contribution in [0.1, 0.15) is 6.92 Å². The van der Waals surface area contributed by atoms with Gasteiger partial charge in [-0.25, -0.2) is 8.42 Å². The van der Waals surface area contributed by atoms with Crippen LogP contribution in [0.4, 0.5) is 11.5 Å². The van der Waals surface area contributed by atoms with Crippen LogP contribution in [-0.2, 0) is 14.8 Å². The third-order valence-electron chi connectivity index (χ3n) is 2.31. The van der Waals surface area contributed by atoms with E-state index in [9.17, 15) is 13.2 Å². The van der Waals surface area contributed by atoms with Crippen LogP contribution in [0, 0.1) is 0 Å². The number of sulfonamides is 1. The van der Waals surface area contributed by atoms with E-state index in [0.29, 0.717) is 10.2 Å². The molecule has 20 heavy (non-hydrogen) atoms. The first kappa shape index (κ1) is 14.5. The summed E-state index contributed by atoms with van der Waals surface area (Å²) in [4.78, 5) is 11.0. The molecule has 9 heteroatoms. The summed E-state index contributed by atoms with van der Waals surface area (Å²) in [7, 11) is -3.71. The monoisotopic (exact) mass is 358 g/mol. The number of aromatic amines is 1. The number of benzene rings is 1. The molecule has 2 aromatic rings. The van der Waals surface area contributed by atoms with Crippen molar-refractivity contribution in [3.05, 3.63) is 34.9 Å². The molecule has 0 aliphatic rings. The van der Waals surface area contributed by atoms with Gasteiger partial charge in [-0.1, -0.05) is 0 Å².